The van der Waals surface area contributed by atoms with Crippen molar-refractivity contribution in [2.24, 2.45) is 0 Å². The van der Waals surface area contributed by atoms with Crippen LogP contribution in [0.15, 0.2) is 24.3 Å². The third-order valence-electron chi connectivity index (χ3n) is 4.13. The third-order valence-corrected chi connectivity index (χ3v) is 4.13. The molecule has 0 aromatic heterocycles. The van der Waals surface area contributed by atoms with Crippen LogP contribution in [0.5, 0.6) is 5.75 Å². The second kappa shape index (κ2) is 6.48. The Hall–Kier alpha value is -1.24. The number of ether oxygens (including phenoxy) is 3. The van der Waals surface area contributed by atoms with E-state index in [1.165, 1.54) is 0 Å². The molecule has 0 aliphatic carbocycles. The average molecular weight is 313 g/mol. The van der Waals surface area contributed by atoms with E-state index in [0.717, 1.165) is 25.1 Å². The Morgan fingerprint density at radius 2 is 2.23 bits per heavy atom. The molecule has 122 valence electrons. The van der Waals surface area contributed by atoms with Gasteiger partial charge in [0.05, 0.1) is 12.7 Å². The number of morpholine rings is 1. The summed E-state index contributed by atoms with van der Waals surface area (Å²) in [6, 6.07) is 6.96. The maximum Gasteiger partial charge on any atom is 0.387 e. The van der Waals surface area contributed by atoms with Crippen LogP contribution in [-0.4, -0.2) is 49.5 Å². The molecule has 1 aromatic carbocycles. The average Bonchev–Trinajstić information content (AvgIpc) is 2.87. The molecule has 0 unspecified atom stereocenters. The van der Waals surface area contributed by atoms with Gasteiger partial charge in [0.1, 0.15) is 11.4 Å². The number of hydrogen-bond donors (Lipinski definition) is 0. The molecule has 4 nitrogen and oxygen atoms in total. The molecule has 22 heavy (non-hydrogen) atoms. The van der Waals surface area contributed by atoms with Crippen LogP contribution in [0.3, 0.4) is 0 Å². The van der Waals surface area contributed by atoms with E-state index in [2.05, 4.69) is 9.64 Å². The van der Waals surface area contributed by atoms with Gasteiger partial charge in [-0.15, -0.1) is 0 Å². The molecule has 2 aliphatic rings. The molecule has 0 bridgehead atoms. The first kappa shape index (κ1) is 15.6. The van der Waals surface area contributed by atoms with E-state index in [-0.39, 0.29) is 17.5 Å². The molecule has 6 heteroatoms. The molecule has 2 saturated heterocycles. The zero-order chi connectivity index (χ0) is 15.6. The number of halogens is 2. The van der Waals surface area contributed by atoms with E-state index in [0.29, 0.717) is 19.8 Å². The molecule has 3 rings (SSSR count). The van der Waals surface area contributed by atoms with Crippen LogP contribution >= 0.6 is 0 Å². The second-order valence-electron chi connectivity index (χ2n) is 6.07. The van der Waals surface area contributed by atoms with E-state index >= 15 is 0 Å². The predicted octanol–water partition coefficient (Wildman–Crippen LogP) is 2.67. The minimum Gasteiger partial charge on any atom is -0.434 e. The highest BCUT2D eigenvalue weighted by Gasteiger charge is 2.42. The normalized spacial score (nSPS) is 29.4. The Labute approximate surface area is 129 Å². The smallest absolute Gasteiger partial charge is 0.387 e. The van der Waals surface area contributed by atoms with Gasteiger partial charge in [-0.05, 0) is 13.0 Å². The summed E-state index contributed by atoms with van der Waals surface area (Å²) < 4.78 is 41.2. The van der Waals surface area contributed by atoms with Gasteiger partial charge in [0.15, 0.2) is 0 Å². The number of nitrogens with zero attached hydrogens (tertiary/aromatic N) is 1. The first-order chi connectivity index (χ1) is 10.6. The van der Waals surface area contributed by atoms with Gasteiger partial charge in [-0.3, -0.25) is 4.90 Å². The highest BCUT2D eigenvalue weighted by molar-refractivity contribution is 5.33. The molecule has 0 amide bonds. The number of para-hydroxylation sites is 1. The lowest BCUT2D eigenvalue weighted by molar-refractivity contribution is -0.149. The summed E-state index contributed by atoms with van der Waals surface area (Å²) >= 11 is 0. The van der Waals surface area contributed by atoms with Crippen LogP contribution in [0.25, 0.3) is 0 Å². The van der Waals surface area contributed by atoms with Crippen LogP contribution < -0.4 is 4.74 Å². The Kier molecular flexibility index (Phi) is 4.61. The lowest BCUT2D eigenvalue weighted by Gasteiger charge is -2.43. The van der Waals surface area contributed by atoms with Gasteiger partial charge in [0.2, 0.25) is 0 Å². The maximum atomic E-state index is 12.5. The summed E-state index contributed by atoms with van der Waals surface area (Å²) in [6.07, 6.45) is 0.974. The Balaban J connectivity index is 1.72. The highest BCUT2D eigenvalue weighted by atomic mass is 19.3. The number of hydrogen-bond acceptors (Lipinski definition) is 4. The Bertz CT molecular complexity index is 506. The molecule has 1 spiro atoms. The fraction of sp³-hybridized carbons (Fsp3) is 0.625. The minimum atomic E-state index is -2.81. The molecule has 0 saturated carbocycles. The third kappa shape index (κ3) is 3.56. The maximum absolute atomic E-state index is 12.5. The molecular formula is C16H21F2NO3. The fourth-order valence-corrected chi connectivity index (χ4v) is 3.35. The van der Waals surface area contributed by atoms with E-state index in [1.54, 1.807) is 12.1 Å². The summed E-state index contributed by atoms with van der Waals surface area (Å²) in [5.41, 5.74) is 0.516. The standard InChI is InChI=1S/C16H21F2NO3/c1-12-8-19(10-16(22-12)6-7-20-11-16)9-13-4-2-3-5-14(13)21-15(17)18/h2-5,12,15H,6-11H2,1H3/t12-,16+/m1/s1. The van der Waals surface area contributed by atoms with Gasteiger partial charge in [0.25, 0.3) is 0 Å². The molecule has 0 N–H and O–H groups in total. The molecule has 2 aliphatic heterocycles. The van der Waals surface area contributed by atoms with Gasteiger partial charge in [-0.2, -0.15) is 8.78 Å². The lowest BCUT2D eigenvalue weighted by atomic mass is 9.99. The largest absolute Gasteiger partial charge is 0.434 e. The molecule has 2 heterocycles. The molecule has 2 fully saturated rings. The minimum absolute atomic E-state index is 0.0960. The van der Waals surface area contributed by atoms with Crippen LogP contribution in [0.1, 0.15) is 18.9 Å². The fourth-order valence-electron chi connectivity index (χ4n) is 3.35. The summed E-state index contributed by atoms with van der Waals surface area (Å²) in [4.78, 5) is 2.23. The SMILES string of the molecule is C[C@@H]1CN(Cc2ccccc2OC(F)F)C[C@]2(CCOC2)O1. The number of rotatable bonds is 4. The first-order valence-electron chi connectivity index (χ1n) is 7.57. The topological polar surface area (TPSA) is 30.9 Å². The van der Waals surface area contributed by atoms with Crippen molar-refractivity contribution < 1.29 is 23.0 Å². The Morgan fingerprint density at radius 1 is 1.41 bits per heavy atom. The molecular weight excluding hydrogens is 292 g/mol. The number of benzene rings is 1. The lowest BCUT2D eigenvalue weighted by Crippen LogP contribution is -2.55. The summed E-state index contributed by atoms with van der Waals surface area (Å²) in [6.45, 7) is 2.63. The van der Waals surface area contributed by atoms with Crippen LogP contribution in [0, 0.1) is 0 Å². The highest BCUT2D eigenvalue weighted by Crippen LogP contribution is 2.31. The van der Waals surface area contributed by atoms with E-state index < -0.39 is 6.61 Å². The van der Waals surface area contributed by atoms with Crippen molar-refractivity contribution in [3.63, 3.8) is 0 Å². The summed E-state index contributed by atoms with van der Waals surface area (Å²) in [7, 11) is 0. The molecule has 2 atom stereocenters. The van der Waals surface area contributed by atoms with Crippen LogP contribution in [0.4, 0.5) is 8.78 Å². The molecule has 0 radical (unpaired) electrons. The summed E-state index contributed by atoms with van der Waals surface area (Å²) in [5, 5.41) is 0. The van der Waals surface area contributed by atoms with E-state index in [9.17, 15) is 8.78 Å². The second-order valence-corrected chi connectivity index (χ2v) is 6.07. The van der Waals surface area contributed by atoms with Crippen molar-refractivity contribution in [1.82, 2.24) is 4.90 Å². The Morgan fingerprint density at radius 3 is 2.95 bits per heavy atom. The van der Waals surface area contributed by atoms with Crippen molar-refractivity contribution in [3.05, 3.63) is 29.8 Å². The van der Waals surface area contributed by atoms with Crippen molar-refractivity contribution >= 4 is 0 Å². The van der Waals surface area contributed by atoms with Crippen molar-refractivity contribution in [2.45, 2.75) is 38.2 Å². The van der Waals surface area contributed by atoms with Gasteiger partial charge in [-0.25, -0.2) is 0 Å². The van der Waals surface area contributed by atoms with Gasteiger partial charge in [-0.1, -0.05) is 18.2 Å². The zero-order valence-corrected chi connectivity index (χ0v) is 12.6. The van der Waals surface area contributed by atoms with Crippen LogP contribution in [-0.2, 0) is 16.0 Å². The predicted molar refractivity (Wildman–Crippen MR) is 77.1 cm³/mol. The van der Waals surface area contributed by atoms with Crippen LogP contribution in [0.2, 0.25) is 0 Å². The van der Waals surface area contributed by atoms with E-state index in [1.807, 2.05) is 19.1 Å². The van der Waals surface area contributed by atoms with Gasteiger partial charge in [0, 0.05) is 38.2 Å². The van der Waals surface area contributed by atoms with Crippen molar-refractivity contribution in [3.8, 4) is 5.75 Å². The first-order valence-corrected chi connectivity index (χ1v) is 7.57. The summed E-state index contributed by atoms with van der Waals surface area (Å²) in [5.74, 6) is 0.244. The number of alkyl halides is 2. The van der Waals surface area contributed by atoms with Crippen molar-refractivity contribution in [1.29, 1.82) is 0 Å². The quantitative estimate of drug-likeness (QED) is 0.855. The van der Waals surface area contributed by atoms with Gasteiger partial charge >= 0.3 is 6.61 Å². The van der Waals surface area contributed by atoms with E-state index in [4.69, 9.17) is 9.47 Å². The molecule has 1 aromatic rings. The van der Waals surface area contributed by atoms with Crippen molar-refractivity contribution in [2.75, 3.05) is 26.3 Å². The zero-order valence-electron chi connectivity index (χ0n) is 12.6. The monoisotopic (exact) mass is 313 g/mol. The van der Waals surface area contributed by atoms with Gasteiger partial charge < -0.3 is 14.2 Å².